The first-order chi connectivity index (χ1) is 13.0. The number of nitrogens with zero attached hydrogens (tertiary/aromatic N) is 2. The minimum absolute atomic E-state index is 0.167. The lowest BCUT2D eigenvalue weighted by Crippen LogP contribution is -2.36. The standard InChI is InChI=1S/C18H23N3O5S/c1-4-26-11-7-10-21-16(23)13-8-5-6-9-14(13)19-17(21)27-12(2)15(22)20-18(24)25-3/h5-6,8-9,12H,4,7,10-11H2,1-3H3,(H,20,22,24)/t12-/m1/s1. The molecule has 0 radical (unpaired) electrons. The van der Waals surface area contributed by atoms with E-state index in [-0.39, 0.29) is 5.56 Å². The van der Waals surface area contributed by atoms with Crippen LogP contribution >= 0.6 is 11.8 Å². The number of fused-ring (bicyclic) bond motifs is 1. The molecule has 1 aromatic carbocycles. The molecule has 1 heterocycles. The Morgan fingerprint density at radius 2 is 2.07 bits per heavy atom. The molecule has 0 aliphatic rings. The number of methoxy groups -OCH3 is 1. The Balaban J connectivity index is 2.30. The highest BCUT2D eigenvalue weighted by atomic mass is 32.2. The van der Waals surface area contributed by atoms with Gasteiger partial charge in [0.25, 0.3) is 5.56 Å². The highest BCUT2D eigenvalue weighted by molar-refractivity contribution is 8.00. The molecule has 0 aliphatic heterocycles. The fraction of sp³-hybridized carbons (Fsp3) is 0.444. The van der Waals surface area contributed by atoms with Crippen LogP contribution in [0.25, 0.3) is 10.9 Å². The number of carbonyl (C=O) groups is 2. The lowest BCUT2D eigenvalue weighted by atomic mass is 10.2. The number of thioether (sulfide) groups is 1. The van der Waals surface area contributed by atoms with Gasteiger partial charge >= 0.3 is 6.09 Å². The smallest absolute Gasteiger partial charge is 0.413 e. The maximum Gasteiger partial charge on any atom is 0.413 e. The zero-order chi connectivity index (χ0) is 19.8. The molecular weight excluding hydrogens is 370 g/mol. The first kappa shape index (κ1) is 20.9. The van der Waals surface area contributed by atoms with Crippen LogP contribution in [0.4, 0.5) is 4.79 Å². The number of rotatable bonds is 8. The Labute approximate surface area is 161 Å². The molecule has 146 valence electrons. The van der Waals surface area contributed by atoms with Crippen LogP contribution in [0, 0.1) is 0 Å². The second-order valence-electron chi connectivity index (χ2n) is 5.66. The molecule has 8 nitrogen and oxygen atoms in total. The van der Waals surface area contributed by atoms with Crippen LogP contribution in [0.3, 0.4) is 0 Å². The average Bonchev–Trinajstić information content (AvgIpc) is 2.67. The number of para-hydroxylation sites is 1. The summed E-state index contributed by atoms with van der Waals surface area (Å²) in [6.07, 6.45) is -0.183. The van der Waals surface area contributed by atoms with Gasteiger partial charge in [0.2, 0.25) is 5.91 Å². The fourth-order valence-corrected chi connectivity index (χ4v) is 3.30. The van der Waals surface area contributed by atoms with E-state index in [0.29, 0.717) is 42.2 Å². The molecule has 1 N–H and O–H groups in total. The summed E-state index contributed by atoms with van der Waals surface area (Å²) in [5.41, 5.74) is 0.395. The van der Waals surface area contributed by atoms with Crippen LogP contribution in [0.2, 0.25) is 0 Å². The molecule has 1 atom stereocenters. The fourth-order valence-electron chi connectivity index (χ4n) is 2.37. The molecular formula is C18H23N3O5S. The molecule has 2 amide bonds. The van der Waals surface area contributed by atoms with Crippen LogP contribution in [0.15, 0.2) is 34.2 Å². The minimum Gasteiger partial charge on any atom is -0.453 e. The van der Waals surface area contributed by atoms with Crippen molar-refractivity contribution in [2.75, 3.05) is 20.3 Å². The van der Waals surface area contributed by atoms with E-state index in [2.05, 4.69) is 15.0 Å². The van der Waals surface area contributed by atoms with Crippen molar-refractivity contribution in [1.29, 1.82) is 0 Å². The highest BCUT2D eigenvalue weighted by Crippen LogP contribution is 2.23. The number of carbonyl (C=O) groups excluding carboxylic acids is 2. The van der Waals surface area contributed by atoms with Gasteiger partial charge in [0.1, 0.15) is 0 Å². The summed E-state index contributed by atoms with van der Waals surface area (Å²) in [6.45, 7) is 5.10. The van der Waals surface area contributed by atoms with E-state index in [1.165, 1.54) is 7.11 Å². The van der Waals surface area contributed by atoms with E-state index in [4.69, 9.17) is 4.74 Å². The second kappa shape index (κ2) is 10.1. The summed E-state index contributed by atoms with van der Waals surface area (Å²) >= 11 is 1.11. The Hall–Kier alpha value is -2.39. The molecule has 0 bridgehead atoms. The normalized spacial score (nSPS) is 12.0. The predicted octanol–water partition coefficient (Wildman–Crippen LogP) is 2.19. The van der Waals surface area contributed by atoms with Crippen molar-refractivity contribution in [3.8, 4) is 0 Å². The van der Waals surface area contributed by atoms with Gasteiger partial charge in [-0.2, -0.15) is 0 Å². The maximum atomic E-state index is 12.9. The van der Waals surface area contributed by atoms with Gasteiger partial charge in [-0.1, -0.05) is 23.9 Å². The van der Waals surface area contributed by atoms with E-state index in [1.54, 1.807) is 35.8 Å². The van der Waals surface area contributed by atoms with Gasteiger partial charge in [-0.05, 0) is 32.4 Å². The molecule has 0 saturated heterocycles. The number of benzene rings is 1. The lowest BCUT2D eigenvalue weighted by Gasteiger charge is -2.16. The monoisotopic (exact) mass is 393 g/mol. The number of aromatic nitrogens is 2. The molecule has 0 aliphatic carbocycles. The molecule has 2 aromatic rings. The van der Waals surface area contributed by atoms with E-state index in [0.717, 1.165) is 11.8 Å². The van der Waals surface area contributed by atoms with Crippen molar-refractivity contribution < 1.29 is 19.1 Å². The van der Waals surface area contributed by atoms with E-state index < -0.39 is 17.3 Å². The Morgan fingerprint density at radius 1 is 1.33 bits per heavy atom. The van der Waals surface area contributed by atoms with Crippen LogP contribution in [0.5, 0.6) is 0 Å². The number of hydrogen-bond donors (Lipinski definition) is 1. The van der Waals surface area contributed by atoms with Crippen LogP contribution in [-0.4, -0.2) is 47.1 Å². The van der Waals surface area contributed by atoms with Crippen molar-refractivity contribution in [3.63, 3.8) is 0 Å². The zero-order valence-electron chi connectivity index (χ0n) is 15.6. The van der Waals surface area contributed by atoms with Gasteiger partial charge in [-0.3, -0.25) is 19.5 Å². The summed E-state index contributed by atoms with van der Waals surface area (Å²) in [4.78, 5) is 40.8. The molecule has 0 saturated carbocycles. The third kappa shape index (κ3) is 5.54. The summed E-state index contributed by atoms with van der Waals surface area (Å²) in [6, 6.07) is 7.07. The zero-order valence-corrected chi connectivity index (χ0v) is 16.4. The number of alkyl carbamates (subject to hydrolysis) is 1. The van der Waals surface area contributed by atoms with E-state index in [9.17, 15) is 14.4 Å². The van der Waals surface area contributed by atoms with Crippen molar-refractivity contribution in [3.05, 3.63) is 34.6 Å². The van der Waals surface area contributed by atoms with E-state index >= 15 is 0 Å². The lowest BCUT2D eigenvalue weighted by molar-refractivity contribution is -0.119. The predicted molar refractivity (Wildman–Crippen MR) is 103 cm³/mol. The van der Waals surface area contributed by atoms with Crippen LogP contribution < -0.4 is 10.9 Å². The first-order valence-corrected chi connectivity index (χ1v) is 9.48. The van der Waals surface area contributed by atoms with Crippen LogP contribution in [0.1, 0.15) is 20.3 Å². The highest BCUT2D eigenvalue weighted by Gasteiger charge is 2.21. The number of amides is 2. The Kier molecular flexibility index (Phi) is 7.81. The van der Waals surface area contributed by atoms with E-state index in [1.807, 2.05) is 6.92 Å². The summed E-state index contributed by atoms with van der Waals surface area (Å²) in [5, 5.41) is 2.42. The SMILES string of the molecule is CCOCCCn1c(S[C@H](C)C(=O)NC(=O)OC)nc2ccccc2c1=O. The van der Waals surface area contributed by atoms with Crippen molar-refractivity contribution in [2.45, 2.75) is 37.2 Å². The number of hydrogen-bond acceptors (Lipinski definition) is 7. The second-order valence-corrected chi connectivity index (χ2v) is 6.97. The molecule has 2 rings (SSSR count). The largest absolute Gasteiger partial charge is 0.453 e. The number of nitrogens with one attached hydrogen (secondary N) is 1. The van der Waals surface area contributed by atoms with Gasteiger partial charge in [0, 0.05) is 19.8 Å². The average molecular weight is 393 g/mol. The van der Waals surface area contributed by atoms with Gasteiger partial charge in [-0.25, -0.2) is 9.78 Å². The van der Waals surface area contributed by atoms with Gasteiger partial charge in [0.05, 0.1) is 23.3 Å². The molecule has 1 aromatic heterocycles. The number of imide groups is 1. The van der Waals surface area contributed by atoms with Gasteiger partial charge in [-0.15, -0.1) is 0 Å². The summed E-state index contributed by atoms with van der Waals surface area (Å²) in [5.74, 6) is -0.518. The van der Waals surface area contributed by atoms with Gasteiger partial charge < -0.3 is 9.47 Å². The molecule has 27 heavy (non-hydrogen) atoms. The van der Waals surface area contributed by atoms with Crippen molar-refractivity contribution >= 4 is 34.7 Å². The molecule has 0 unspecified atom stereocenters. The van der Waals surface area contributed by atoms with Crippen molar-refractivity contribution in [2.24, 2.45) is 0 Å². The minimum atomic E-state index is -0.826. The first-order valence-electron chi connectivity index (χ1n) is 8.60. The molecule has 9 heteroatoms. The Morgan fingerprint density at radius 3 is 2.78 bits per heavy atom. The quantitative estimate of drug-likeness (QED) is 0.417. The number of ether oxygens (including phenoxy) is 2. The third-order valence-corrected chi connectivity index (χ3v) is 4.85. The third-order valence-electron chi connectivity index (χ3n) is 3.76. The maximum absolute atomic E-state index is 12.9. The summed E-state index contributed by atoms with van der Waals surface area (Å²) < 4.78 is 11.3. The summed E-state index contributed by atoms with van der Waals surface area (Å²) in [7, 11) is 1.18. The van der Waals surface area contributed by atoms with Crippen molar-refractivity contribution in [1.82, 2.24) is 14.9 Å². The topological polar surface area (TPSA) is 99.5 Å². The molecule has 0 fully saturated rings. The van der Waals surface area contributed by atoms with Crippen LogP contribution in [-0.2, 0) is 20.8 Å². The van der Waals surface area contributed by atoms with Gasteiger partial charge in [0.15, 0.2) is 5.16 Å². The molecule has 0 spiro atoms. The Bertz CT molecular complexity index is 868.